The molecule has 0 saturated carbocycles. The lowest BCUT2D eigenvalue weighted by atomic mass is 9.74. The number of ketones is 3. The highest BCUT2D eigenvalue weighted by Crippen LogP contribution is 2.45. The van der Waals surface area contributed by atoms with E-state index >= 15 is 0 Å². The van der Waals surface area contributed by atoms with Gasteiger partial charge >= 0.3 is 0 Å². The van der Waals surface area contributed by atoms with Crippen LogP contribution in [0.4, 0.5) is 0 Å². The van der Waals surface area contributed by atoms with Crippen LogP contribution in [0, 0.1) is 5.92 Å². The molecule has 0 N–H and O–H groups in total. The van der Waals surface area contributed by atoms with Gasteiger partial charge in [0.25, 0.3) is 10.0 Å². The molecule has 0 fully saturated rings. The first-order valence-electron chi connectivity index (χ1n) is 10.3. The molecule has 160 valence electrons. The zero-order valence-corrected chi connectivity index (χ0v) is 18.1. The number of benzene rings is 2. The van der Waals surface area contributed by atoms with Crippen molar-refractivity contribution in [2.75, 3.05) is 0 Å². The number of nitrogens with zero attached hydrogens (tertiary/aromatic N) is 1. The van der Waals surface area contributed by atoms with Crippen molar-refractivity contribution in [2.45, 2.75) is 24.7 Å². The van der Waals surface area contributed by atoms with Crippen LogP contribution in [0.5, 0.6) is 0 Å². The summed E-state index contributed by atoms with van der Waals surface area (Å²) < 4.78 is 28.3. The van der Waals surface area contributed by atoms with E-state index in [1.807, 2.05) is 6.07 Å². The lowest BCUT2D eigenvalue weighted by Crippen LogP contribution is -2.33. The summed E-state index contributed by atoms with van der Waals surface area (Å²) in [5.74, 6) is -1.92. The van der Waals surface area contributed by atoms with E-state index in [9.17, 15) is 22.8 Å². The molecule has 32 heavy (non-hydrogen) atoms. The van der Waals surface area contributed by atoms with E-state index in [0.29, 0.717) is 16.7 Å². The summed E-state index contributed by atoms with van der Waals surface area (Å²) in [5, 5.41) is 0. The van der Waals surface area contributed by atoms with Crippen LogP contribution in [0.2, 0.25) is 0 Å². The fraction of sp³-hybridized carbons (Fsp3) is 0.160. The molecule has 0 spiro atoms. The van der Waals surface area contributed by atoms with Crippen LogP contribution in [0.25, 0.3) is 16.7 Å². The summed E-state index contributed by atoms with van der Waals surface area (Å²) in [5.41, 5.74) is 1.75. The number of hydrogen-bond donors (Lipinski definition) is 0. The minimum absolute atomic E-state index is 0.0429. The first-order chi connectivity index (χ1) is 15.3. The molecule has 6 nitrogen and oxygen atoms in total. The molecule has 0 radical (unpaired) electrons. The Hall–Kier alpha value is -3.58. The Labute approximate surface area is 185 Å². The van der Waals surface area contributed by atoms with Crippen LogP contribution in [0.15, 0.2) is 77.3 Å². The quantitative estimate of drug-likeness (QED) is 0.570. The molecule has 1 aromatic heterocycles. The number of allylic oxidation sites excluding steroid dienone is 2. The Balaban J connectivity index is 1.89. The van der Waals surface area contributed by atoms with Crippen LogP contribution in [0.3, 0.4) is 0 Å². The highest BCUT2D eigenvalue weighted by molar-refractivity contribution is 7.90. The van der Waals surface area contributed by atoms with Crippen molar-refractivity contribution in [1.82, 2.24) is 3.97 Å². The van der Waals surface area contributed by atoms with Crippen LogP contribution in [-0.2, 0) is 19.6 Å². The van der Waals surface area contributed by atoms with Gasteiger partial charge in [-0.25, -0.2) is 12.4 Å². The third-order valence-electron chi connectivity index (χ3n) is 6.05. The molecule has 2 aliphatic rings. The van der Waals surface area contributed by atoms with Crippen LogP contribution < -0.4 is 0 Å². The predicted octanol–water partition coefficient (Wildman–Crippen LogP) is 3.91. The molecule has 1 atom stereocenters. The van der Waals surface area contributed by atoms with Gasteiger partial charge in [-0.2, -0.15) is 0 Å². The largest absolute Gasteiger partial charge is 0.299 e. The number of hydrogen-bond acceptors (Lipinski definition) is 5. The van der Waals surface area contributed by atoms with E-state index in [4.69, 9.17) is 0 Å². The Bertz CT molecular complexity index is 1430. The maximum atomic E-state index is 13.6. The topological polar surface area (TPSA) is 90.3 Å². The number of aromatic nitrogens is 1. The van der Waals surface area contributed by atoms with E-state index in [1.165, 1.54) is 18.3 Å². The second-order valence-electron chi connectivity index (χ2n) is 8.12. The molecule has 1 unspecified atom stereocenters. The SMILES string of the molecule is CC1CC(=O)CC2=C1C(=O)C(=O)c1c(-c3ccccc3)cn(S(=O)(=O)c3ccccc3)c12. The van der Waals surface area contributed by atoms with Gasteiger partial charge in [0, 0.05) is 30.2 Å². The zero-order valence-electron chi connectivity index (χ0n) is 17.2. The standard InChI is InChI=1S/C25H19NO5S/c1-15-12-17(27)13-19-21(15)24(28)25(29)22-20(16-8-4-2-5-9-16)14-26(23(19)22)32(30,31)18-10-6-3-7-11-18/h2-11,14-15H,12-13H2,1H3. The monoisotopic (exact) mass is 445 g/mol. The normalized spacial score (nSPS) is 18.5. The number of fused-ring (bicyclic) bond motifs is 2. The van der Waals surface area contributed by atoms with Gasteiger partial charge in [-0.05, 0) is 29.2 Å². The second kappa shape index (κ2) is 7.24. The second-order valence-corrected chi connectivity index (χ2v) is 9.93. The third kappa shape index (κ3) is 2.92. The average Bonchev–Trinajstić information content (AvgIpc) is 3.20. The molecule has 3 aromatic rings. The van der Waals surface area contributed by atoms with Crippen LogP contribution >= 0.6 is 0 Å². The molecular formula is C25H19NO5S. The van der Waals surface area contributed by atoms with Crippen molar-refractivity contribution < 1.29 is 22.8 Å². The van der Waals surface area contributed by atoms with Gasteiger partial charge in [0.15, 0.2) is 0 Å². The van der Waals surface area contributed by atoms with Gasteiger partial charge in [-0.3, -0.25) is 14.4 Å². The first-order valence-corrected chi connectivity index (χ1v) is 11.7. The van der Waals surface area contributed by atoms with Gasteiger partial charge in [-0.15, -0.1) is 0 Å². The van der Waals surface area contributed by atoms with Gasteiger partial charge in [0.1, 0.15) is 5.78 Å². The summed E-state index contributed by atoms with van der Waals surface area (Å²) in [6.45, 7) is 1.72. The Morgan fingerprint density at radius 2 is 1.50 bits per heavy atom. The minimum Gasteiger partial charge on any atom is -0.299 e. The smallest absolute Gasteiger partial charge is 0.268 e. The number of rotatable bonds is 3. The van der Waals surface area contributed by atoms with E-state index in [-0.39, 0.29) is 40.4 Å². The molecule has 0 amide bonds. The zero-order chi connectivity index (χ0) is 22.6. The maximum absolute atomic E-state index is 13.6. The van der Waals surface area contributed by atoms with Crippen molar-refractivity contribution in [2.24, 2.45) is 5.92 Å². The van der Waals surface area contributed by atoms with Crippen molar-refractivity contribution in [3.63, 3.8) is 0 Å². The van der Waals surface area contributed by atoms with Crippen molar-refractivity contribution in [1.29, 1.82) is 0 Å². The van der Waals surface area contributed by atoms with Crippen LogP contribution in [-0.4, -0.2) is 29.7 Å². The van der Waals surface area contributed by atoms with Crippen molar-refractivity contribution >= 4 is 32.9 Å². The van der Waals surface area contributed by atoms with E-state index in [0.717, 1.165) is 3.97 Å². The molecule has 1 heterocycles. The molecule has 2 aromatic carbocycles. The number of carbonyl (C=O) groups is 3. The van der Waals surface area contributed by atoms with Crippen LogP contribution in [0.1, 0.15) is 35.8 Å². The Morgan fingerprint density at radius 3 is 2.16 bits per heavy atom. The molecule has 2 aliphatic carbocycles. The minimum atomic E-state index is -4.09. The Kier molecular flexibility index (Phi) is 4.60. The Morgan fingerprint density at radius 1 is 0.875 bits per heavy atom. The highest BCUT2D eigenvalue weighted by Gasteiger charge is 2.43. The molecule has 0 bridgehead atoms. The van der Waals surface area contributed by atoms with Gasteiger partial charge in [-0.1, -0.05) is 55.5 Å². The van der Waals surface area contributed by atoms with Gasteiger partial charge in [0.2, 0.25) is 11.6 Å². The van der Waals surface area contributed by atoms with E-state index in [1.54, 1.807) is 49.4 Å². The summed E-state index contributed by atoms with van der Waals surface area (Å²) >= 11 is 0. The number of Topliss-reactive ketones (excluding diaryl/α,β-unsaturated/α-hetero) is 3. The summed E-state index contributed by atoms with van der Waals surface area (Å²) in [6, 6.07) is 16.8. The summed E-state index contributed by atoms with van der Waals surface area (Å²) in [6.07, 6.45) is 1.48. The predicted molar refractivity (Wildman–Crippen MR) is 119 cm³/mol. The maximum Gasteiger partial charge on any atom is 0.268 e. The van der Waals surface area contributed by atoms with E-state index in [2.05, 4.69) is 0 Å². The highest BCUT2D eigenvalue weighted by atomic mass is 32.2. The molecule has 0 saturated heterocycles. The van der Waals surface area contributed by atoms with Crippen molar-refractivity contribution in [3.8, 4) is 11.1 Å². The lowest BCUT2D eigenvalue weighted by Gasteiger charge is -2.28. The average molecular weight is 445 g/mol. The lowest BCUT2D eigenvalue weighted by molar-refractivity contribution is -0.119. The fourth-order valence-electron chi connectivity index (χ4n) is 4.64. The summed E-state index contributed by atoms with van der Waals surface area (Å²) in [4.78, 5) is 38.9. The fourth-order valence-corrected chi connectivity index (χ4v) is 6.06. The van der Waals surface area contributed by atoms with E-state index < -0.39 is 27.5 Å². The van der Waals surface area contributed by atoms with Crippen molar-refractivity contribution in [3.05, 3.63) is 83.7 Å². The molecule has 7 heteroatoms. The molecule has 0 aliphatic heterocycles. The molecular weight excluding hydrogens is 426 g/mol. The first kappa shape index (κ1) is 20.3. The van der Waals surface area contributed by atoms with Gasteiger partial charge < -0.3 is 0 Å². The number of carbonyl (C=O) groups excluding carboxylic acids is 3. The molecule has 5 rings (SSSR count). The summed E-state index contributed by atoms with van der Waals surface area (Å²) in [7, 11) is -4.09. The third-order valence-corrected chi connectivity index (χ3v) is 7.72. The van der Waals surface area contributed by atoms with Gasteiger partial charge in [0.05, 0.1) is 16.2 Å².